The predicted octanol–water partition coefficient (Wildman–Crippen LogP) is 4.04. The highest BCUT2D eigenvalue weighted by atomic mass is 16.1. The molecule has 1 atom stereocenters. The highest BCUT2D eigenvalue weighted by Gasteiger charge is 2.19. The van der Waals surface area contributed by atoms with Gasteiger partial charge in [-0.25, -0.2) is 0 Å². The van der Waals surface area contributed by atoms with E-state index in [1.54, 1.807) is 6.07 Å². The molecule has 0 fully saturated rings. The minimum Gasteiger partial charge on any atom is -0.355 e. The van der Waals surface area contributed by atoms with E-state index in [0.717, 1.165) is 23.2 Å². The van der Waals surface area contributed by atoms with Crippen LogP contribution in [-0.2, 0) is 0 Å². The largest absolute Gasteiger partial charge is 0.355 e. The molecule has 4 nitrogen and oxygen atoms in total. The summed E-state index contributed by atoms with van der Waals surface area (Å²) in [6.45, 7) is 2.07. The highest BCUT2D eigenvalue weighted by Crippen LogP contribution is 2.28. The van der Waals surface area contributed by atoms with E-state index in [1.165, 1.54) is 0 Å². The van der Waals surface area contributed by atoms with Gasteiger partial charge in [0.25, 0.3) is 0 Å². The van der Waals surface area contributed by atoms with Crippen molar-refractivity contribution in [2.24, 2.45) is 0 Å². The number of hydrogen-bond acceptors (Lipinski definition) is 2. The van der Waals surface area contributed by atoms with Gasteiger partial charge in [-0.2, -0.15) is 0 Å². The number of fused-ring (bicyclic) bond motifs is 4. The van der Waals surface area contributed by atoms with E-state index in [0.29, 0.717) is 27.2 Å². The third-order valence-corrected chi connectivity index (χ3v) is 5.16. The van der Waals surface area contributed by atoms with Gasteiger partial charge in [0.15, 0.2) is 10.9 Å². The second kappa shape index (κ2) is 4.93. The van der Waals surface area contributed by atoms with Gasteiger partial charge in [0.2, 0.25) is 0 Å². The van der Waals surface area contributed by atoms with Crippen molar-refractivity contribution in [3.05, 3.63) is 74.2 Å². The zero-order chi connectivity index (χ0) is 17.1. The van der Waals surface area contributed by atoms with Gasteiger partial charge in [-0.3, -0.25) is 9.59 Å². The Morgan fingerprint density at radius 3 is 2.44 bits per heavy atom. The molecular formula is C21H16N2O2. The molecule has 0 radical (unpaired) electrons. The summed E-state index contributed by atoms with van der Waals surface area (Å²) in [5.41, 5.74) is 3.90. The first kappa shape index (κ1) is 14.2. The van der Waals surface area contributed by atoms with Crippen LogP contribution in [0.5, 0.6) is 0 Å². The van der Waals surface area contributed by atoms with Crippen LogP contribution in [0.4, 0.5) is 0 Å². The number of H-pyrrole nitrogens is 2. The molecule has 4 aromatic rings. The third kappa shape index (κ3) is 1.94. The van der Waals surface area contributed by atoms with Gasteiger partial charge < -0.3 is 9.97 Å². The van der Waals surface area contributed by atoms with Crippen molar-refractivity contribution in [1.82, 2.24) is 9.97 Å². The SMILES string of the molecule is CC1CC=Cc2[nH]c3cc4c(=O)c5ccccc5[nH]c4cc3c(=O)c21. The molecule has 0 saturated carbocycles. The van der Waals surface area contributed by atoms with E-state index in [2.05, 4.69) is 23.0 Å². The van der Waals surface area contributed by atoms with Crippen LogP contribution >= 0.6 is 0 Å². The molecule has 4 heteroatoms. The van der Waals surface area contributed by atoms with Crippen molar-refractivity contribution >= 4 is 38.8 Å². The fraction of sp³-hybridized carbons (Fsp3) is 0.143. The fourth-order valence-corrected chi connectivity index (χ4v) is 3.87. The lowest BCUT2D eigenvalue weighted by Gasteiger charge is -2.18. The van der Waals surface area contributed by atoms with Gasteiger partial charge in [-0.1, -0.05) is 25.1 Å². The zero-order valence-electron chi connectivity index (χ0n) is 13.7. The van der Waals surface area contributed by atoms with E-state index < -0.39 is 0 Å². The van der Waals surface area contributed by atoms with Gasteiger partial charge in [0.1, 0.15) is 0 Å². The first-order valence-corrected chi connectivity index (χ1v) is 8.44. The molecule has 1 aliphatic carbocycles. The highest BCUT2D eigenvalue weighted by molar-refractivity contribution is 6.00. The summed E-state index contributed by atoms with van der Waals surface area (Å²) < 4.78 is 0. The van der Waals surface area contributed by atoms with Crippen LogP contribution in [0.15, 0.2) is 52.1 Å². The standard InChI is InChI=1S/C21H16N2O2/c1-11-5-4-8-16-19(11)21(25)14-10-17-13(9-18(14)23-16)20(24)12-6-2-3-7-15(12)22-17/h2-4,6-11H,5H2,1H3,(H,22,24)(H,23,25). The molecule has 0 bridgehead atoms. The van der Waals surface area contributed by atoms with E-state index >= 15 is 0 Å². The van der Waals surface area contributed by atoms with E-state index in [1.807, 2.05) is 36.4 Å². The maximum atomic E-state index is 13.0. The Morgan fingerprint density at radius 2 is 1.60 bits per heavy atom. The maximum absolute atomic E-state index is 13.0. The van der Waals surface area contributed by atoms with Crippen molar-refractivity contribution in [3.63, 3.8) is 0 Å². The van der Waals surface area contributed by atoms with Crippen LogP contribution < -0.4 is 10.9 Å². The number of benzene rings is 2. The molecule has 0 aliphatic heterocycles. The van der Waals surface area contributed by atoms with Gasteiger partial charge in [-0.15, -0.1) is 0 Å². The number of aromatic amines is 2. The lowest BCUT2D eigenvalue weighted by Crippen LogP contribution is -2.18. The summed E-state index contributed by atoms with van der Waals surface area (Å²) in [5.74, 6) is 0.194. The van der Waals surface area contributed by atoms with E-state index in [4.69, 9.17) is 0 Å². The number of nitrogens with one attached hydrogen (secondary N) is 2. The van der Waals surface area contributed by atoms with Crippen LogP contribution in [0.3, 0.4) is 0 Å². The number of allylic oxidation sites excluding steroid dienone is 1. The summed E-state index contributed by atoms with van der Waals surface area (Å²) in [4.78, 5) is 32.5. The second-order valence-electron chi connectivity index (χ2n) is 6.76. The zero-order valence-corrected chi connectivity index (χ0v) is 13.7. The van der Waals surface area contributed by atoms with E-state index in [-0.39, 0.29) is 16.8 Å². The molecule has 25 heavy (non-hydrogen) atoms. The normalized spacial score (nSPS) is 16.6. The Bertz CT molecular complexity index is 1330. The molecule has 2 aromatic heterocycles. The quantitative estimate of drug-likeness (QED) is 0.478. The Balaban J connectivity index is 1.97. The van der Waals surface area contributed by atoms with Crippen molar-refractivity contribution in [3.8, 4) is 0 Å². The summed E-state index contributed by atoms with van der Waals surface area (Å²) in [6.07, 6.45) is 4.91. The lowest BCUT2D eigenvalue weighted by atomic mass is 9.90. The predicted molar refractivity (Wildman–Crippen MR) is 102 cm³/mol. The summed E-state index contributed by atoms with van der Waals surface area (Å²) in [6, 6.07) is 11.0. The fourth-order valence-electron chi connectivity index (χ4n) is 3.87. The van der Waals surface area contributed by atoms with Crippen molar-refractivity contribution in [1.29, 1.82) is 0 Å². The number of rotatable bonds is 0. The molecule has 2 heterocycles. The Labute approximate surface area is 142 Å². The number of para-hydroxylation sites is 1. The van der Waals surface area contributed by atoms with Crippen LogP contribution in [0.25, 0.3) is 38.8 Å². The van der Waals surface area contributed by atoms with Gasteiger partial charge >= 0.3 is 0 Å². The van der Waals surface area contributed by atoms with Crippen molar-refractivity contribution in [2.75, 3.05) is 0 Å². The summed E-state index contributed by atoms with van der Waals surface area (Å²) in [7, 11) is 0. The smallest absolute Gasteiger partial charge is 0.197 e. The van der Waals surface area contributed by atoms with E-state index in [9.17, 15) is 9.59 Å². The molecular weight excluding hydrogens is 312 g/mol. The molecule has 2 N–H and O–H groups in total. The summed E-state index contributed by atoms with van der Waals surface area (Å²) in [5, 5.41) is 1.87. The first-order valence-electron chi connectivity index (χ1n) is 8.44. The first-order chi connectivity index (χ1) is 12.1. The Kier molecular flexibility index (Phi) is 2.80. The molecule has 1 aliphatic rings. The van der Waals surface area contributed by atoms with Crippen LogP contribution in [-0.4, -0.2) is 9.97 Å². The topological polar surface area (TPSA) is 65.7 Å². The maximum Gasteiger partial charge on any atom is 0.197 e. The third-order valence-electron chi connectivity index (χ3n) is 5.16. The van der Waals surface area contributed by atoms with Crippen molar-refractivity contribution < 1.29 is 0 Å². The Morgan fingerprint density at radius 1 is 0.880 bits per heavy atom. The molecule has 1 unspecified atom stereocenters. The monoisotopic (exact) mass is 328 g/mol. The van der Waals surface area contributed by atoms with Gasteiger partial charge in [-0.05, 0) is 42.7 Å². The van der Waals surface area contributed by atoms with Crippen LogP contribution in [0.1, 0.15) is 30.5 Å². The van der Waals surface area contributed by atoms with Crippen LogP contribution in [0, 0.1) is 0 Å². The van der Waals surface area contributed by atoms with Crippen LogP contribution in [0.2, 0.25) is 0 Å². The molecule has 0 spiro atoms. The average Bonchev–Trinajstić information content (AvgIpc) is 2.61. The lowest BCUT2D eigenvalue weighted by molar-refractivity contribution is 0.760. The van der Waals surface area contributed by atoms with Gasteiger partial charge in [0.05, 0.1) is 11.0 Å². The second-order valence-corrected chi connectivity index (χ2v) is 6.76. The molecule has 5 rings (SSSR count). The molecule has 0 saturated heterocycles. The van der Waals surface area contributed by atoms with Crippen molar-refractivity contribution in [2.45, 2.75) is 19.3 Å². The average molecular weight is 328 g/mol. The number of aromatic nitrogens is 2. The molecule has 2 aromatic carbocycles. The number of pyridine rings is 2. The number of hydrogen-bond donors (Lipinski definition) is 2. The van der Waals surface area contributed by atoms with Gasteiger partial charge in [0, 0.05) is 32.9 Å². The summed E-state index contributed by atoms with van der Waals surface area (Å²) >= 11 is 0. The minimum absolute atomic E-state index is 0.0197. The Hall–Kier alpha value is -3.14. The molecule has 122 valence electrons. The molecule has 0 amide bonds. The minimum atomic E-state index is -0.0197.